The molecule has 0 amide bonds. The van der Waals surface area contributed by atoms with Crippen LogP contribution >= 0.6 is 27.5 Å². The number of aliphatic hydroxyl groups is 1. The van der Waals surface area contributed by atoms with E-state index in [1.54, 1.807) is 6.07 Å². The lowest BCUT2D eigenvalue weighted by Gasteiger charge is -1.99. The molecular weight excluding hydrogens is 258 g/mol. The maximum absolute atomic E-state index is 13.2. The minimum absolute atomic E-state index is 0.00439. The monoisotopic (exact) mass is 262 g/mol. The molecule has 0 aliphatic carbocycles. The number of hydrogen-bond acceptors (Lipinski definition) is 1. The third-order valence-electron chi connectivity index (χ3n) is 1.34. The van der Waals surface area contributed by atoms with Crippen LogP contribution in [0, 0.1) is 17.7 Å². The van der Waals surface area contributed by atoms with Gasteiger partial charge >= 0.3 is 0 Å². The molecule has 0 atom stereocenters. The Morgan fingerprint density at radius 1 is 1.54 bits per heavy atom. The zero-order valence-corrected chi connectivity index (χ0v) is 8.78. The molecule has 0 spiro atoms. The van der Waals surface area contributed by atoms with Crippen molar-refractivity contribution in [2.24, 2.45) is 0 Å². The van der Waals surface area contributed by atoms with E-state index in [2.05, 4.69) is 27.8 Å². The molecule has 1 aromatic rings. The third-order valence-corrected chi connectivity index (χ3v) is 2.60. The molecular formula is C9H5BrClFO. The summed E-state index contributed by atoms with van der Waals surface area (Å²) < 4.78 is 13.7. The maximum atomic E-state index is 13.2. The summed E-state index contributed by atoms with van der Waals surface area (Å²) in [7, 11) is 0. The van der Waals surface area contributed by atoms with Crippen LogP contribution in [0.1, 0.15) is 5.56 Å². The van der Waals surface area contributed by atoms with Crippen molar-refractivity contribution in [2.45, 2.75) is 0 Å². The fourth-order valence-corrected chi connectivity index (χ4v) is 1.23. The Hall–Kier alpha value is -0.560. The first kappa shape index (κ1) is 10.5. The van der Waals surface area contributed by atoms with Crippen LogP contribution in [0.4, 0.5) is 4.39 Å². The number of aliphatic hydroxyl groups excluding tert-OH is 1. The van der Waals surface area contributed by atoms with Gasteiger partial charge in [-0.05, 0) is 28.1 Å². The quantitative estimate of drug-likeness (QED) is 0.563. The Labute approximate surface area is 88.7 Å². The van der Waals surface area contributed by atoms with Crippen molar-refractivity contribution < 1.29 is 9.50 Å². The Balaban J connectivity index is 3.18. The fourth-order valence-electron chi connectivity index (χ4n) is 0.757. The first-order valence-electron chi connectivity index (χ1n) is 3.40. The van der Waals surface area contributed by atoms with Crippen molar-refractivity contribution in [2.75, 3.05) is 6.61 Å². The predicted octanol–water partition coefficient (Wildman–Crippen LogP) is 2.59. The molecule has 68 valence electrons. The van der Waals surface area contributed by atoms with E-state index in [1.165, 1.54) is 6.07 Å². The molecule has 0 aliphatic heterocycles. The lowest BCUT2D eigenvalue weighted by Crippen LogP contribution is -1.86. The second kappa shape index (κ2) is 4.61. The number of benzene rings is 1. The summed E-state index contributed by atoms with van der Waals surface area (Å²) in [4.78, 5) is 0. The summed E-state index contributed by atoms with van der Waals surface area (Å²) in [6.07, 6.45) is 0. The Morgan fingerprint density at radius 2 is 2.23 bits per heavy atom. The lowest BCUT2D eigenvalue weighted by molar-refractivity contribution is 0.350. The number of hydrogen-bond donors (Lipinski definition) is 1. The Bertz CT molecular complexity index is 381. The molecule has 0 unspecified atom stereocenters. The van der Waals surface area contributed by atoms with Crippen LogP contribution in [0.25, 0.3) is 0 Å². The highest BCUT2D eigenvalue weighted by Gasteiger charge is 2.07. The van der Waals surface area contributed by atoms with Crippen LogP contribution in [0.5, 0.6) is 0 Å². The Morgan fingerprint density at radius 3 is 2.85 bits per heavy atom. The number of halogens is 3. The van der Waals surface area contributed by atoms with Gasteiger partial charge in [0.15, 0.2) is 5.82 Å². The van der Waals surface area contributed by atoms with Crippen molar-refractivity contribution >= 4 is 27.5 Å². The molecule has 0 fully saturated rings. The van der Waals surface area contributed by atoms with E-state index in [0.29, 0.717) is 4.47 Å². The van der Waals surface area contributed by atoms with Crippen molar-refractivity contribution in [3.05, 3.63) is 33.0 Å². The normalized spacial score (nSPS) is 9.23. The van der Waals surface area contributed by atoms with Crippen LogP contribution in [0.15, 0.2) is 16.6 Å². The van der Waals surface area contributed by atoms with Gasteiger partial charge in [-0.1, -0.05) is 23.4 Å². The number of rotatable bonds is 0. The predicted molar refractivity (Wildman–Crippen MR) is 53.1 cm³/mol. The summed E-state index contributed by atoms with van der Waals surface area (Å²) in [5.74, 6) is 4.22. The van der Waals surface area contributed by atoms with Gasteiger partial charge in [0, 0.05) is 4.47 Å². The minimum atomic E-state index is -0.572. The van der Waals surface area contributed by atoms with E-state index < -0.39 is 5.82 Å². The van der Waals surface area contributed by atoms with Crippen LogP contribution in [-0.4, -0.2) is 11.7 Å². The average Bonchev–Trinajstić information content (AvgIpc) is 2.13. The van der Waals surface area contributed by atoms with Gasteiger partial charge < -0.3 is 5.11 Å². The van der Waals surface area contributed by atoms with E-state index in [4.69, 9.17) is 16.7 Å². The van der Waals surface area contributed by atoms with Crippen LogP contribution in [-0.2, 0) is 0 Å². The van der Waals surface area contributed by atoms with E-state index in [0.717, 1.165) is 0 Å². The summed E-state index contributed by atoms with van der Waals surface area (Å²) in [6.45, 7) is -0.298. The molecule has 1 N–H and O–H groups in total. The van der Waals surface area contributed by atoms with Gasteiger partial charge in [-0.25, -0.2) is 4.39 Å². The van der Waals surface area contributed by atoms with E-state index >= 15 is 0 Å². The third kappa shape index (κ3) is 2.44. The second-order valence-corrected chi connectivity index (χ2v) is 3.42. The zero-order chi connectivity index (χ0) is 9.84. The van der Waals surface area contributed by atoms with E-state index in [9.17, 15) is 4.39 Å². The van der Waals surface area contributed by atoms with E-state index in [-0.39, 0.29) is 17.2 Å². The molecule has 0 bridgehead atoms. The molecule has 4 heteroatoms. The second-order valence-electron chi connectivity index (χ2n) is 2.18. The summed E-state index contributed by atoms with van der Waals surface area (Å²) >= 11 is 8.69. The van der Waals surface area contributed by atoms with Crippen molar-refractivity contribution in [3.63, 3.8) is 0 Å². The summed E-state index contributed by atoms with van der Waals surface area (Å²) in [6, 6.07) is 3.10. The standard InChI is InChI=1S/C9H5BrClFO/c10-7-4-3-6(2-1-5-13)9(12)8(7)11/h3-4,13H,5H2. The molecule has 0 saturated carbocycles. The zero-order valence-electron chi connectivity index (χ0n) is 6.44. The molecule has 1 aromatic carbocycles. The Kier molecular flexibility index (Phi) is 3.73. The maximum Gasteiger partial charge on any atom is 0.158 e. The van der Waals surface area contributed by atoms with Gasteiger partial charge in [-0.3, -0.25) is 0 Å². The molecule has 1 rings (SSSR count). The highest BCUT2D eigenvalue weighted by molar-refractivity contribution is 9.10. The summed E-state index contributed by atoms with van der Waals surface area (Å²) in [5.41, 5.74) is 0.183. The van der Waals surface area contributed by atoms with Crippen LogP contribution < -0.4 is 0 Å². The van der Waals surface area contributed by atoms with Crippen molar-refractivity contribution in [1.29, 1.82) is 0 Å². The van der Waals surface area contributed by atoms with Gasteiger partial charge in [-0.15, -0.1) is 0 Å². The first-order chi connectivity index (χ1) is 6.16. The SMILES string of the molecule is OCC#Cc1ccc(Br)c(Cl)c1F. The summed E-state index contributed by atoms with van der Waals surface area (Å²) in [5, 5.41) is 8.41. The van der Waals surface area contributed by atoms with Crippen LogP contribution in [0.3, 0.4) is 0 Å². The molecule has 0 heterocycles. The highest BCUT2D eigenvalue weighted by Crippen LogP contribution is 2.26. The fraction of sp³-hybridized carbons (Fsp3) is 0.111. The lowest BCUT2D eigenvalue weighted by atomic mass is 10.2. The van der Waals surface area contributed by atoms with Gasteiger partial charge in [0.2, 0.25) is 0 Å². The molecule has 13 heavy (non-hydrogen) atoms. The van der Waals surface area contributed by atoms with Gasteiger partial charge in [0.1, 0.15) is 6.61 Å². The smallest absolute Gasteiger partial charge is 0.158 e. The molecule has 0 aromatic heterocycles. The van der Waals surface area contributed by atoms with Crippen molar-refractivity contribution in [3.8, 4) is 11.8 Å². The highest BCUT2D eigenvalue weighted by atomic mass is 79.9. The van der Waals surface area contributed by atoms with Gasteiger partial charge in [0.25, 0.3) is 0 Å². The molecule has 1 nitrogen and oxygen atoms in total. The average molecular weight is 263 g/mol. The first-order valence-corrected chi connectivity index (χ1v) is 4.57. The van der Waals surface area contributed by atoms with Gasteiger partial charge in [0.05, 0.1) is 10.6 Å². The molecule has 0 saturated heterocycles. The topological polar surface area (TPSA) is 20.2 Å². The largest absolute Gasteiger partial charge is 0.384 e. The van der Waals surface area contributed by atoms with Crippen LogP contribution in [0.2, 0.25) is 5.02 Å². The minimum Gasteiger partial charge on any atom is -0.384 e. The van der Waals surface area contributed by atoms with Gasteiger partial charge in [-0.2, -0.15) is 0 Å². The van der Waals surface area contributed by atoms with Crippen molar-refractivity contribution in [1.82, 2.24) is 0 Å². The molecule has 0 radical (unpaired) electrons. The van der Waals surface area contributed by atoms with E-state index in [1.807, 2.05) is 0 Å². The molecule has 0 aliphatic rings.